The second kappa shape index (κ2) is 4.05. The maximum Gasteiger partial charge on any atom is 0.224 e. The molecule has 0 spiro atoms. The zero-order valence-electron chi connectivity index (χ0n) is 7.25. The van der Waals surface area contributed by atoms with E-state index >= 15 is 0 Å². The van der Waals surface area contributed by atoms with Crippen LogP contribution in [0, 0.1) is 0 Å². The Kier molecular flexibility index (Phi) is 3.40. The molecule has 1 aliphatic heterocycles. The van der Waals surface area contributed by atoms with Gasteiger partial charge in [0.25, 0.3) is 0 Å². The smallest absolute Gasteiger partial charge is 0.224 e. The second-order valence-corrected chi connectivity index (χ2v) is 3.24. The third-order valence-electron chi connectivity index (χ3n) is 2.24. The fraction of sp³-hybridized carbons (Fsp3) is 1.00. The van der Waals surface area contributed by atoms with Crippen LogP contribution in [-0.4, -0.2) is 69.0 Å². The molecule has 1 aliphatic rings. The number of ether oxygens (including phenoxy) is 1. The summed E-state index contributed by atoms with van der Waals surface area (Å²) in [4.78, 5) is 0. The summed E-state index contributed by atoms with van der Waals surface area (Å²) >= 11 is 0. The highest BCUT2D eigenvalue weighted by Gasteiger charge is 2.52. The van der Waals surface area contributed by atoms with Crippen molar-refractivity contribution >= 4 is 0 Å². The first kappa shape index (κ1) is 11.8. The van der Waals surface area contributed by atoms with E-state index in [4.69, 9.17) is 5.11 Å². The van der Waals surface area contributed by atoms with Gasteiger partial charge in [0.1, 0.15) is 31.1 Å². The maximum absolute atomic E-state index is 12.3. The molecular weight excluding hydrogens is 199 g/mol. The molecule has 0 bridgehead atoms. The van der Waals surface area contributed by atoms with Gasteiger partial charge in [-0.3, -0.25) is 0 Å². The second-order valence-electron chi connectivity index (χ2n) is 3.24. The van der Waals surface area contributed by atoms with Gasteiger partial charge < -0.3 is 30.3 Å². The van der Waals surface area contributed by atoms with Crippen LogP contribution in [0.25, 0.3) is 0 Å². The number of halogens is 1. The average molecular weight is 212 g/mol. The van der Waals surface area contributed by atoms with Crippen LogP contribution in [0.15, 0.2) is 0 Å². The molecule has 0 aromatic carbocycles. The third-order valence-corrected chi connectivity index (χ3v) is 2.24. The summed E-state index contributed by atoms with van der Waals surface area (Å²) in [6.07, 6.45) is -6.61. The summed E-state index contributed by atoms with van der Waals surface area (Å²) in [6, 6.07) is 0. The van der Waals surface area contributed by atoms with E-state index in [0.717, 1.165) is 0 Å². The van der Waals surface area contributed by atoms with Gasteiger partial charge in [-0.1, -0.05) is 0 Å². The minimum atomic E-state index is -2.58. The van der Waals surface area contributed by atoms with Crippen molar-refractivity contribution in [2.24, 2.45) is 0 Å². The first-order valence-corrected chi connectivity index (χ1v) is 4.07. The van der Waals surface area contributed by atoms with Crippen molar-refractivity contribution in [3.63, 3.8) is 0 Å². The lowest BCUT2D eigenvalue weighted by atomic mass is 9.93. The van der Waals surface area contributed by atoms with Crippen LogP contribution in [0.5, 0.6) is 0 Å². The number of aliphatic hydroxyl groups is 5. The number of hydrogen-bond donors (Lipinski definition) is 5. The Balaban J connectivity index is 2.84. The Morgan fingerprint density at radius 2 is 1.79 bits per heavy atom. The molecule has 14 heavy (non-hydrogen) atoms. The first-order chi connectivity index (χ1) is 6.46. The zero-order valence-corrected chi connectivity index (χ0v) is 7.25. The number of aliphatic hydroxyl groups excluding tert-OH is 4. The largest absolute Gasteiger partial charge is 0.394 e. The molecule has 7 heteroatoms. The lowest BCUT2D eigenvalue weighted by Crippen LogP contribution is -2.66. The van der Waals surface area contributed by atoms with Gasteiger partial charge in [0.05, 0.1) is 6.61 Å². The molecule has 1 rings (SSSR count). The number of alkyl halides is 1. The van der Waals surface area contributed by atoms with Gasteiger partial charge in [-0.05, 0) is 0 Å². The summed E-state index contributed by atoms with van der Waals surface area (Å²) in [5, 5.41) is 45.6. The van der Waals surface area contributed by atoms with Gasteiger partial charge in [0.15, 0.2) is 0 Å². The van der Waals surface area contributed by atoms with E-state index in [1.165, 1.54) is 0 Å². The summed E-state index contributed by atoms with van der Waals surface area (Å²) < 4.78 is 16.9. The van der Waals surface area contributed by atoms with E-state index in [1.54, 1.807) is 0 Å². The normalized spacial score (nSPS) is 49.3. The van der Waals surface area contributed by atoms with Crippen molar-refractivity contribution in [1.29, 1.82) is 0 Å². The minimum absolute atomic E-state index is 0.701. The standard InChI is InChI=1S/C7H13FO6/c8-2-7(13)6(12)5(11)4(10)3(1-9)14-7/h3-6,9-13H,1-2H2/t3?,4-,5-,6?,7+/m0/s1. The molecule has 1 saturated heterocycles. The van der Waals surface area contributed by atoms with Crippen molar-refractivity contribution in [1.82, 2.24) is 0 Å². The Morgan fingerprint density at radius 1 is 1.21 bits per heavy atom. The van der Waals surface area contributed by atoms with Gasteiger partial charge in [0.2, 0.25) is 5.79 Å². The molecule has 1 fully saturated rings. The van der Waals surface area contributed by atoms with E-state index in [1.807, 2.05) is 0 Å². The van der Waals surface area contributed by atoms with Crippen LogP contribution in [0.1, 0.15) is 0 Å². The van der Waals surface area contributed by atoms with Crippen molar-refractivity contribution in [3.05, 3.63) is 0 Å². The molecule has 0 saturated carbocycles. The van der Waals surface area contributed by atoms with Gasteiger partial charge >= 0.3 is 0 Å². The Labute approximate surface area is 79.2 Å². The highest BCUT2D eigenvalue weighted by Crippen LogP contribution is 2.28. The maximum atomic E-state index is 12.3. The Bertz CT molecular complexity index is 201. The van der Waals surface area contributed by atoms with Crippen LogP contribution < -0.4 is 0 Å². The fourth-order valence-corrected chi connectivity index (χ4v) is 1.33. The average Bonchev–Trinajstić information content (AvgIpc) is 2.20. The van der Waals surface area contributed by atoms with Crippen LogP contribution in [0.2, 0.25) is 0 Å². The van der Waals surface area contributed by atoms with Crippen molar-refractivity contribution in [2.45, 2.75) is 30.2 Å². The first-order valence-electron chi connectivity index (χ1n) is 4.07. The van der Waals surface area contributed by atoms with E-state index in [-0.39, 0.29) is 0 Å². The van der Waals surface area contributed by atoms with Gasteiger partial charge in [-0.2, -0.15) is 0 Å². The minimum Gasteiger partial charge on any atom is -0.394 e. The van der Waals surface area contributed by atoms with Gasteiger partial charge in [-0.15, -0.1) is 0 Å². The summed E-state index contributed by atoms with van der Waals surface area (Å²) in [7, 11) is 0. The van der Waals surface area contributed by atoms with Crippen LogP contribution in [-0.2, 0) is 4.74 Å². The van der Waals surface area contributed by atoms with Crippen molar-refractivity contribution < 1.29 is 34.7 Å². The van der Waals surface area contributed by atoms with E-state index in [2.05, 4.69) is 4.74 Å². The monoisotopic (exact) mass is 212 g/mol. The fourth-order valence-electron chi connectivity index (χ4n) is 1.33. The molecule has 5 atom stereocenters. The quantitative estimate of drug-likeness (QED) is 0.336. The molecule has 0 aromatic heterocycles. The molecule has 0 radical (unpaired) electrons. The lowest BCUT2D eigenvalue weighted by molar-refractivity contribution is -0.352. The molecule has 0 aliphatic carbocycles. The molecule has 0 aromatic rings. The highest BCUT2D eigenvalue weighted by molar-refractivity contribution is 4.95. The number of rotatable bonds is 2. The zero-order chi connectivity index (χ0) is 10.9. The van der Waals surface area contributed by atoms with Crippen LogP contribution in [0.4, 0.5) is 4.39 Å². The summed E-state index contributed by atoms with van der Waals surface area (Å²) in [5.74, 6) is -2.58. The molecular formula is C7H13FO6. The van der Waals surface area contributed by atoms with Crippen molar-refractivity contribution in [3.8, 4) is 0 Å². The van der Waals surface area contributed by atoms with Crippen LogP contribution >= 0.6 is 0 Å². The van der Waals surface area contributed by atoms with Gasteiger partial charge in [0, 0.05) is 0 Å². The molecule has 0 amide bonds. The van der Waals surface area contributed by atoms with E-state index < -0.39 is 43.5 Å². The van der Waals surface area contributed by atoms with E-state index in [9.17, 15) is 24.8 Å². The van der Waals surface area contributed by atoms with Crippen molar-refractivity contribution in [2.75, 3.05) is 13.3 Å². The Hall–Kier alpha value is -0.310. The van der Waals surface area contributed by atoms with Gasteiger partial charge in [-0.25, -0.2) is 4.39 Å². The topological polar surface area (TPSA) is 110 Å². The summed E-state index contributed by atoms with van der Waals surface area (Å²) in [6.45, 7) is -2.15. The summed E-state index contributed by atoms with van der Waals surface area (Å²) in [5.41, 5.74) is 0. The molecule has 5 N–H and O–H groups in total. The molecule has 6 nitrogen and oxygen atoms in total. The highest BCUT2D eigenvalue weighted by atomic mass is 19.1. The SMILES string of the molecule is OCC1O[C@](O)(CF)C(O)[C@@H](O)[C@H]1O. The Morgan fingerprint density at radius 3 is 2.21 bits per heavy atom. The predicted octanol–water partition coefficient (Wildman–Crippen LogP) is -2.88. The van der Waals surface area contributed by atoms with E-state index in [0.29, 0.717) is 0 Å². The lowest BCUT2D eigenvalue weighted by Gasteiger charge is -2.43. The molecule has 84 valence electrons. The molecule has 1 heterocycles. The molecule has 2 unspecified atom stereocenters. The third kappa shape index (κ3) is 1.74. The number of hydrogen-bond acceptors (Lipinski definition) is 6. The van der Waals surface area contributed by atoms with Crippen LogP contribution in [0.3, 0.4) is 0 Å². The predicted molar refractivity (Wildman–Crippen MR) is 40.9 cm³/mol.